The molecule has 0 saturated carbocycles. The van der Waals surface area contributed by atoms with Crippen molar-refractivity contribution in [2.75, 3.05) is 20.1 Å². The Balaban J connectivity index is 2.16. The summed E-state index contributed by atoms with van der Waals surface area (Å²) in [5.74, 6) is -0.419. The summed E-state index contributed by atoms with van der Waals surface area (Å²) in [5, 5.41) is 10.2. The molecule has 6 heteroatoms. The molecule has 1 aromatic heterocycles. The number of hydrogen-bond donors (Lipinski definition) is 2. The lowest BCUT2D eigenvalue weighted by atomic mass is 10.2. The number of rotatable bonds is 7. The molecule has 0 bridgehead atoms. The van der Waals surface area contributed by atoms with Gasteiger partial charge in [-0.2, -0.15) is 5.10 Å². The molecule has 0 radical (unpaired) electrons. The highest BCUT2D eigenvalue weighted by Crippen LogP contribution is 2.16. The zero-order valence-corrected chi connectivity index (χ0v) is 12.9. The van der Waals surface area contributed by atoms with E-state index >= 15 is 0 Å². The van der Waals surface area contributed by atoms with Crippen molar-refractivity contribution < 1.29 is 9.18 Å². The van der Waals surface area contributed by atoms with Gasteiger partial charge in [0.1, 0.15) is 5.82 Å². The monoisotopic (exact) mass is 304 g/mol. The molecule has 1 aromatic carbocycles. The first-order valence-corrected chi connectivity index (χ1v) is 7.43. The molecule has 2 aromatic rings. The number of carbonyl (C=O) groups excluding carboxylic acids is 1. The van der Waals surface area contributed by atoms with Gasteiger partial charge in [0.15, 0.2) is 0 Å². The van der Waals surface area contributed by atoms with Gasteiger partial charge in [0.2, 0.25) is 0 Å². The number of amides is 1. The van der Waals surface area contributed by atoms with Crippen molar-refractivity contribution in [3.8, 4) is 5.69 Å². The van der Waals surface area contributed by atoms with Crippen molar-refractivity contribution in [3.05, 3.63) is 47.5 Å². The normalized spacial score (nSPS) is 10.7. The Kier molecular flexibility index (Phi) is 5.66. The van der Waals surface area contributed by atoms with Crippen LogP contribution in [0.25, 0.3) is 5.69 Å². The maximum atomic E-state index is 13.0. The van der Waals surface area contributed by atoms with Crippen LogP contribution < -0.4 is 10.6 Å². The van der Waals surface area contributed by atoms with Crippen molar-refractivity contribution >= 4 is 5.91 Å². The molecule has 5 nitrogen and oxygen atoms in total. The molecular formula is C16H21FN4O. The van der Waals surface area contributed by atoms with Gasteiger partial charge in [-0.15, -0.1) is 0 Å². The highest BCUT2D eigenvalue weighted by molar-refractivity contribution is 5.95. The van der Waals surface area contributed by atoms with Gasteiger partial charge in [-0.1, -0.05) is 6.92 Å². The van der Waals surface area contributed by atoms with Crippen LogP contribution in [0.4, 0.5) is 4.39 Å². The van der Waals surface area contributed by atoms with Crippen LogP contribution in [0.3, 0.4) is 0 Å². The van der Waals surface area contributed by atoms with Crippen molar-refractivity contribution in [1.82, 2.24) is 20.4 Å². The summed E-state index contributed by atoms with van der Waals surface area (Å²) in [5.41, 5.74) is 2.13. The number of benzene rings is 1. The van der Waals surface area contributed by atoms with E-state index in [1.54, 1.807) is 23.0 Å². The van der Waals surface area contributed by atoms with E-state index in [0.29, 0.717) is 18.5 Å². The van der Waals surface area contributed by atoms with Crippen LogP contribution in [-0.4, -0.2) is 35.8 Å². The molecule has 1 heterocycles. The minimum Gasteiger partial charge on any atom is -0.352 e. The Labute approximate surface area is 129 Å². The predicted molar refractivity (Wildman–Crippen MR) is 83.8 cm³/mol. The number of hydrogen-bond acceptors (Lipinski definition) is 3. The van der Waals surface area contributed by atoms with Crippen molar-refractivity contribution in [2.24, 2.45) is 0 Å². The number of aromatic nitrogens is 2. The van der Waals surface area contributed by atoms with E-state index in [1.165, 1.54) is 12.1 Å². The maximum absolute atomic E-state index is 13.0. The second-order valence-corrected chi connectivity index (χ2v) is 4.96. The van der Waals surface area contributed by atoms with E-state index in [1.807, 2.05) is 14.0 Å². The Bertz CT molecular complexity index is 622. The third-order valence-corrected chi connectivity index (χ3v) is 3.41. The summed E-state index contributed by atoms with van der Waals surface area (Å²) in [4.78, 5) is 12.2. The van der Waals surface area contributed by atoms with Crippen LogP contribution >= 0.6 is 0 Å². The molecule has 0 fully saturated rings. The van der Waals surface area contributed by atoms with Gasteiger partial charge >= 0.3 is 0 Å². The fourth-order valence-corrected chi connectivity index (χ4v) is 2.27. The van der Waals surface area contributed by atoms with E-state index in [4.69, 9.17) is 0 Å². The first kappa shape index (κ1) is 16.2. The summed E-state index contributed by atoms with van der Waals surface area (Å²) >= 11 is 0. The largest absolute Gasteiger partial charge is 0.352 e. The molecule has 0 aliphatic rings. The molecule has 0 aliphatic heterocycles. The van der Waals surface area contributed by atoms with Gasteiger partial charge in [-0.3, -0.25) is 4.79 Å². The van der Waals surface area contributed by atoms with Crippen LogP contribution in [0.2, 0.25) is 0 Å². The minimum absolute atomic E-state index is 0.124. The molecule has 0 saturated heterocycles. The zero-order valence-electron chi connectivity index (χ0n) is 12.9. The van der Waals surface area contributed by atoms with E-state index in [9.17, 15) is 9.18 Å². The second-order valence-electron chi connectivity index (χ2n) is 4.96. The average Bonchev–Trinajstić information content (AvgIpc) is 2.96. The highest BCUT2D eigenvalue weighted by Gasteiger charge is 2.16. The molecule has 1 amide bonds. The van der Waals surface area contributed by atoms with Crippen LogP contribution in [0, 0.1) is 5.82 Å². The number of carbonyl (C=O) groups is 1. The van der Waals surface area contributed by atoms with Gasteiger partial charge in [0, 0.05) is 6.54 Å². The van der Waals surface area contributed by atoms with Crippen molar-refractivity contribution in [3.63, 3.8) is 0 Å². The van der Waals surface area contributed by atoms with Crippen LogP contribution in [0.5, 0.6) is 0 Å². The average molecular weight is 304 g/mol. The lowest BCUT2D eigenvalue weighted by Gasteiger charge is -2.08. The lowest BCUT2D eigenvalue weighted by Crippen LogP contribution is -2.27. The summed E-state index contributed by atoms with van der Waals surface area (Å²) in [6.07, 6.45) is 3.10. The van der Waals surface area contributed by atoms with E-state index in [-0.39, 0.29) is 11.7 Å². The SMILES string of the molecule is CCc1c(C(=O)NCCCNC)cnn1-c1ccc(F)cc1. The highest BCUT2D eigenvalue weighted by atomic mass is 19.1. The standard InChI is InChI=1S/C16H21FN4O/c1-3-15-14(16(22)19-10-4-9-18-2)11-20-21(15)13-7-5-12(17)6-8-13/h5-8,11,18H,3-4,9-10H2,1-2H3,(H,19,22). The Morgan fingerprint density at radius 1 is 1.27 bits per heavy atom. The Hall–Kier alpha value is -2.21. The molecule has 0 atom stereocenters. The fraction of sp³-hybridized carbons (Fsp3) is 0.375. The molecule has 22 heavy (non-hydrogen) atoms. The van der Waals surface area contributed by atoms with Gasteiger partial charge in [-0.05, 0) is 50.7 Å². The summed E-state index contributed by atoms with van der Waals surface area (Å²) < 4.78 is 14.7. The third-order valence-electron chi connectivity index (χ3n) is 3.41. The van der Waals surface area contributed by atoms with E-state index in [2.05, 4.69) is 15.7 Å². The molecule has 0 unspecified atom stereocenters. The van der Waals surface area contributed by atoms with Gasteiger partial charge in [-0.25, -0.2) is 9.07 Å². The van der Waals surface area contributed by atoms with E-state index in [0.717, 1.165) is 24.3 Å². The van der Waals surface area contributed by atoms with Gasteiger partial charge in [0.25, 0.3) is 5.91 Å². The Morgan fingerprint density at radius 3 is 2.64 bits per heavy atom. The quantitative estimate of drug-likeness (QED) is 0.768. The number of halogens is 1. The number of nitrogens with one attached hydrogen (secondary N) is 2. The van der Waals surface area contributed by atoms with Crippen LogP contribution in [-0.2, 0) is 6.42 Å². The molecule has 0 aliphatic carbocycles. The topological polar surface area (TPSA) is 59.0 Å². The van der Waals surface area contributed by atoms with Crippen molar-refractivity contribution in [1.29, 1.82) is 0 Å². The van der Waals surface area contributed by atoms with Crippen LogP contribution in [0.1, 0.15) is 29.4 Å². The van der Waals surface area contributed by atoms with Gasteiger partial charge < -0.3 is 10.6 Å². The maximum Gasteiger partial charge on any atom is 0.254 e. The van der Waals surface area contributed by atoms with Crippen LogP contribution in [0.15, 0.2) is 30.5 Å². The molecular weight excluding hydrogens is 283 g/mol. The second kappa shape index (κ2) is 7.70. The lowest BCUT2D eigenvalue weighted by molar-refractivity contribution is 0.0952. The summed E-state index contributed by atoms with van der Waals surface area (Å²) in [6.45, 7) is 3.44. The summed E-state index contributed by atoms with van der Waals surface area (Å²) in [6, 6.07) is 6.06. The van der Waals surface area contributed by atoms with Crippen molar-refractivity contribution in [2.45, 2.75) is 19.8 Å². The molecule has 2 N–H and O–H groups in total. The smallest absolute Gasteiger partial charge is 0.254 e. The minimum atomic E-state index is -0.295. The number of nitrogens with zero attached hydrogens (tertiary/aromatic N) is 2. The molecule has 0 spiro atoms. The molecule has 118 valence electrons. The fourth-order valence-electron chi connectivity index (χ4n) is 2.27. The first-order valence-electron chi connectivity index (χ1n) is 7.43. The Morgan fingerprint density at radius 2 is 2.00 bits per heavy atom. The third kappa shape index (κ3) is 3.71. The predicted octanol–water partition coefficient (Wildman–Crippen LogP) is 1.91. The summed E-state index contributed by atoms with van der Waals surface area (Å²) in [7, 11) is 1.88. The first-order chi connectivity index (χ1) is 10.7. The molecule has 2 rings (SSSR count). The van der Waals surface area contributed by atoms with Gasteiger partial charge in [0.05, 0.1) is 23.1 Å². The van der Waals surface area contributed by atoms with E-state index < -0.39 is 0 Å². The zero-order chi connectivity index (χ0) is 15.9.